The fraction of sp³-hybridized carbons (Fsp3) is 0.278. The van der Waals surface area contributed by atoms with Gasteiger partial charge in [-0.1, -0.05) is 25.1 Å². The molecule has 2 aromatic carbocycles. The van der Waals surface area contributed by atoms with Crippen molar-refractivity contribution in [3.05, 3.63) is 54.6 Å². The Kier molecular flexibility index (Phi) is 5.83. The summed E-state index contributed by atoms with van der Waals surface area (Å²) in [5.41, 5.74) is 0.720. The van der Waals surface area contributed by atoms with Crippen molar-refractivity contribution in [1.29, 1.82) is 0 Å². The number of amides is 1. The van der Waals surface area contributed by atoms with E-state index in [0.29, 0.717) is 12.4 Å². The molecule has 0 bridgehead atoms. The largest absolute Gasteiger partial charge is 0.494 e. The van der Waals surface area contributed by atoms with E-state index < -0.39 is 6.10 Å². The highest BCUT2D eigenvalue weighted by molar-refractivity contribution is 5.94. The number of nitrogens with one attached hydrogen (secondary N) is 1. The molecule has 0 radical (unpaired) electrons. The van der Waals surface area contributed by atoms with Gasteiger partial charge in [0.1, 0.15) is 11.5 Å². The van der Waals surface area contributed by atoms with Crippen molar-refractivity contribution in [3.63, 3.8) is 0 Å². The minimum Gasteiger partial charge on any atom is -0.494 e. The summed E-state index contributed by atoms with van der Waals surface area (Å²) in [6, 6.07) is 16.6. The minimum atomic E-state index is -0.571. The highest BCUT2D eigenvalue weighted by Crippen LogP contribution is 2.17. The van der Waals surface area contributed by atoms with Crippen molar-refractivity contribution < 1.29 is 14.3 Å². The molecule has 0 heterocycles. The Hall–Kier alpha value is -2.49. The van der Waals surface area contributed by atoms with Crippen molar-refractivity contribution in [3.8, 4) is 11.5 Å². The standard InChI is InChI=1S/C18H21NO3/c1-3-13-21-16-11-9-15(10-12-16)19-18(20)14(2)22-17-7-5-4-6-8-17/h4-12,14H,3,13H2,1-2H3,(H,19,20). The number of ether oxygens (including phenoxy) is 2. The minimum absolute atomic E-state index is 0.189. The first kappa shape index (κ1) is 15.9. The normalized spacial score (nSPS) is 11.5. The van der Waals surface area contributed by atoms with Crippen LogP contribution in [0.3, 0.4) is 0 Å². The van der Waals surface area contributed by atoms with Gasteiger partial charge < -0.3 is 14.8 Å². The van der Waals surface area contributed by atoms with Crippen LogP contribution in [0.4, 0.5) is 5.69 Å². The molecular formula is C18H21NO3. The van der Waals surface area contributed by atoms with Crippen LogP contribution >= 0.6 is 0 Å². The summed E-state index contributed by atoms with van der Waals surface area (Å²) in [7, 11) is 0. The van der Waals surface area contributed by atoms with E-state index in [1.54, 1.807) is 6.92 Å². The zero-order chi connectivity index (χ0) is 15.8. The number of hydrogen-bond donors (Lipinski definition) is 1. The second kappa shape index (κ2) is 8.08. The quantitative estimate of drug-likeness (QED) is 0.844. The Morgan fingerprint density at radius 1 is 1.05 bits per heavy atom. The van der Waals surface area contributed by atoms with Crippen molar-refractivity contribution >= 4 is 11.6 Å². The molecule has 0 aromatic heterocycles. The van der Waals surface area contributed by atoms with Crippen molar-refractivity contribution in [1.82, 2.24) is 0 Å². The first-order chi connectivity index (χ1) is 10.7. The average Bonchev–Trinajstić information content (AvgIpc) is 2.55. The number of carbonyl (C=O) groups excluding carboxylic acids is 1. The monoisotopic (exact) mass is 299 g/mol. The topological polar surface area (TPSA) is 47.6 Å². The zero-order valence-corrected chi connectivity index (χ0v) is 12.9. The third-order valence-corrected chi connectivity index (χ3v) is 3.02. The molecule has 0 fully saturated rings. The summed E-state index contributed by atoms with van der Waals surface area (Å²) in [6.45, 7) is 4.47. The van der Waals surface area contributed by atoms with Gasteiger partial charge in [-0.2, -0.15) is 0 Å². The van der Waals surface area contributed by atoms with Crippen LogP contribution in [0.1, 0.15) is 20.3 Å². The molecular weight excluding hydrogens is 278 g/mol. The highest BCUT2D eigenvalue weighted by atomic mass is 16.5. The van der Waals surface area contributed by atoms with E-state index in [1.165, 1.54) is 0 Å². The molecule has 4 heteroatoms. The zero-order valence-electron chi connectivity index (χ0n) is 12.9. The maximum atomic E-state index is 12.1. The van der Waals surface area contributed by atoms with E-state index >= 15 is 0 Å². The smallest absolute Gasteiger partial charge is 0.265 e. The molecule has 1 atom stereocenters. The molecule has 1 unspecified atom stereocenters. The van der Waals surface area contributed by atoms with Gasteiger partial charge in [0.2, 0.25) is 0 Å². The van der Waals surface area contributed by atoms with E-state index in [0.717, 1.165) is 17.9 Å². The molecule has 2 aromatic rings. The van der Waals surface area contributed by atoms with Gasteiger partial charge in [0, 0.05) is 5.69 Å². The first-order valence-electron chi connectivity index (χ1n) is 7.44. The number of carbonyl (C=O) groups is 1. The van der Waals surface area contributed by atoms with Crippen LogP contribution in [0.2, 0.25) is 0 Å². The van der Waals surface area contributed by atoms with Gasteiger partial charge in [-0.25, -0.2) is 0 Å². The summed E-state index contributed by atoms with van der Waals surface area (Å²) in [4.78, 5) is 12.1. The third-order valence-electron chi connectivity index (χ3n) is 3.02. The lowest BCUT2D eigenvalue weighted by molar-refractivity contribution is -0.122. The lowest BCUT2D eigenvalue weighted by Gasteiger charge is -2.15. The van der Waals surface area contributed by atoms with Crippen LogP contribution in [0.5, 0.6) is 11.5 Å². The van der Waals surface area contributed by atoms with Crippen LogP contribution in [0.15, 0.2) is 54.6 Å². The Labute approximate surface area is 131 Å². The van der Waals surface area contributed by atoms with Gasteiger partial charge in [0.05, 0.1) is 6.61 Å². The number of rotatable bonds is 7. The summed E-state index contributed by atoms with van der Waals surface area (Å²) >= 11 is 0. The molecule has 1 N–H and O–H groups in total. The number of hydrogen-bond acceptors (Lipinski definition) is 3. The van der Waals surface area contributed by atoms with E-state index in [9.17, 15) is 4.79 Å². The van der Waals surface area contributed by atoms with Crippen LogP contribution in [-0.2, 0) is 4.79 Å². The van der Waals surface area contributed by atoms with Gasteiger partial charge >= 0.3 is 0 Å². The summed E-state index contributed by atoms with van der Waals surface area (Å²) < 4.78 is 11.1. The Balaban J connectivity index is 1.88. The van der Waals surface area contributed by atoms with Crippen molar-refractivity contribution in [2.45, 2.75) is 26.4 Å². The predicted octanol–water partition coefficient (Wildman–Crippen LogP) is 3.88. The fourth-order valence-corrected chi connectivity index (χ4v) is 1.86. The molecule has 4 nitrogen and oxygen atoms in total. The van der Waals surface area contributed by atoms with E-state index in [4.69, 9.17) is 9.47 Å². The van der Waals surface area contributed by atoms with Crippen molar-refractivity contribution in [2.24, 2.45) is 0 Å². The first-order valence-corrected chi connectivity index (χ1v) is 7.44. The maximum Gasteiger partial charge on any atom is 0.265 e. The Bertz CT molecular complexity index is 581. The molecule has 0 aliphatic rings. The number of benzene rings is 2. The molecule has 22 heavy (non-hydrogen) atoms. The third kappa shape index (κ3) is 4.81. The van der Waals surface area contributed by atoms with Crippen LogP contribution in [0, 0.1) is 0 Å². The average molecular weight is 299 g/mol. The molecule has 0 saturated heterocycles. The van der Waals surface area contributed by atoms with Gasteiger partial charge in [-0.05, 0) is 49.7 Å². The van der Waals surface area contributed by atoms with E-state index in [1.807, 2.05) is 54.6 Å². The molecule has 2 rings (SSSR count). The molecule has 0 spiro atoms. The van der Waals surface area contributed by atoms with Crippen LogP contribution < -0.4 is 14.8 Å². The Morgan fingerprint density at radius 2 is 1.73 bits per heavy atom. The van der Waals surface area contributed by atoms with Gasteiger partial charge in [0.25, 0.3) is 5.91 Å². The number of anilines is 1. The lowest BCUT2D eigenvalue weighted by Crippen LogP contribution is -2.30. The predicted molar refractivity (Wildman–Crippen MR) is 87.4 cm³/mol. The molecule has 1 amide bonds. The number of para-hydroxylation sites is 1. The molecule has 116 valence electrons. The highest BCUT2D eigenvalue weighted by Gasteiger charge is 2.14. The summed E-state index contributed by atoms with van der Waals surface area (Å²) in [6.07, 6.45) is 0.394. The van der Waals surface area contributed by atoms with Crippen LogP contribution in [-0.4, -0.2) is 18.6 Å². The van der Waals surface area contributed by atoms with E-state index in [2.05, 4.69) is 12.2 Å². The second-order valence-corrected chi connectivity index (χ2v) is 4.94. The second-order valence-electron chi connectivity index (χ2n) is 4.94. The molecule has 0 aliphatic carbocycles. The summed E-state index contributed by atoms with van der Waals surface area (Å²) in [5, 5.41) is 2.83. The van der Waals surface area contributed by atoms with Crippen LogP contribution in [0.25, 0.3) is 0 Å². The van der Waals surface area contributed by atoms with E-state index in [-0.39, 0.29) is 5.91 Å². The van der Waals surface area contributed by atoms with Gasteiger partial charge in [0.15, 0.2) is 6.10 Å². The Morgan fingerprint density at radius 3 is 2.36 bits per heavy atom. The molecule has 0 saturated carbocycles. The summed E-state index contributed by atoms with van der Waals surface area (Å²) in [5.74, 6) is 1.29. The fourth-order valence-electron chi connectivity index (χ4n) is 1.86. The maximum absolute atomic E-state index is 12.1. The van der Waals surface area contributed by atoms with Gasteiger partial charge in [-0.3, -0.25) is 4.79 Å². The SMILES string of the molecule is CCCOc1ccc(NC(=O)C(C)Oc2ccccc2)cc1. The molecule has 0 aliphatic heterocycles. The van der Waals surface area contributed by atoms with Gasteiger partial charge in [-0.15, -0.1) is 0 Å². The lowest BCUT2D eigenvalue weighted by atomic mass is 10.2. The van der Waals surface area contributed by atoms with Crippen molar-refractivity contribution in [2.75, 3.05) is 11.9 Å².